The molecular formula is C17H21NO4. The van der Waals surface area contributed by atoms with E-state index in [1.54, 1.807) is 0 Å². The average molecular weight is 303 g/mol. The predicted octanol–water partition coefficient (Wildman–Crippen LogP) is 1.93. The lowest BCUT2D eigenvalue weighted by Gasteiger charge is -2.33. The summed E-state index contributed by atoms with van der Waals surface area (Å²) in [5.74, 6) is -0.359. The lowest BCUT2D eigenvalue weighted by Crippen LogP contribution is -2.57. The Bertz CT molecular complexity index is 551. The van der Waals surface area contributed by atoms with Gasteiger partial charge in [-0.3, -0.25) is 4.79 Å². The van der Waals surface area contributed by atoms with Gasteiger partial charge in [0.25, 0.3) is 0 Å². The molecule has 5 nitrogen and oxygen atoms in total. The number of amides is 1. The molecule has 1 saturated heterocycles. The second-order valence-corrected chi connectivity index (χ2v) is 6.26. The Balaban J connectivity index is 1.56. The second-order valence-electron chi connectivity index (χ2n) is 6.26. The van der Waals surface area contributed by atoms with Crippen LogP contribution in [0.4, 0.5) is 0 Å². The molecule has 2 N–H and O–H groups in total. The predicted molar refractivity (Wildman–Crippen MR) is 80.5 cm³/mol. The van der Waals surface area contributed by atoms with Crippen molar-refractivity contribution in [2.75, 3.05) is 13.2 Å². The van der Waals surface area contributed by atoms with E-state index in [0.717, 1.165) is 6.42 Å². The Morgan fingerprint density at radius 1 is 1.23 bits per heavy atom. The van der Waals surface area contributed by atoms with Crippen LogP contribution < -0.4 is 5.32 Å². The van der Waals surface area contributed by atoms with E-state index in [-0.39, 0.29) is 5.91 Å². The molecule has 1 aromatic carbocycles. The molecule has 1 amide bonds. The number of carboxylic acids is 1. The molecule has 1 heterocycles. The van der Waals surface area contributed by atoms with Crippen LogP contribution in [-0.4, -0.2) is 35.7 Å². The molecule has 2 aliphatic rings. The van der Waals surface area contributed by atoms with Gasteiger partial charge in [0, 0.05) is 32.5 Å². The Morgan fingerprint density at radius 2 is 1.91 bits per heavy atom. The number of ether oxygens (including phenoxy) is 1. The fourth-order valence-corrected chi connectivity index (χ4v) is 3.25. The maximum Gasteiger partial charge on any atom is 0.329 e. The number of carbonyl (C=O) groups excluding carboxylic acids is 1. The van der Waals surface area contributed by atoms with Crippen LogP contribution in [-0.2, 0) is 14.3 Å². The van der Waals surface area contributed by atoms with Gasteiger partial charge in [-0.05, 0) is 23.8 Å². The second kappa shape index (κ2) is 6.08. The molecule has 118 valence electrons. The summed E-state index contributed by atoms with van der Waals surface area (Å²) >= 11 is 0. The van der Waals surface area contributed by atoms with Gasteiger partial charge >= 0.3 is 5.97 Å². The highest BCUT2D eigenvalue weighted by atomic mass is 16.5. The van der Waals surface area contributed by atoms with Gasteiger partial charge in [0.15, 0.2) is 0 Å². The third-order valence-electron chi connectivity index (χ3n) is 4.73. The molecule has 22 heavy (non-hydrogen) atoms. The minimum absolute atomic E-state index is 0.160. The zero-order valence-electron chi connectivity index (χ0n) is 12.5. The van der Waals surface area contributed by atoms with Gasteiger partial charge in [-0.25, -0.2) is 4.79 Å². The molecule has 0 unspecified atom stereocenters. The van der Waals surface area contributed by atoms with Gasteiger partial charge in [0.2, 0.25) is 5.91 Å². The fourth-order valence-electron chi connectivity index (χ4n) is 3.25. The van der Waals surface area contributed by atoms with Crippen molar-refractivity contribution in [1.29, 1.82) is 0 Å². The number of hydrogen-bond donors (Lipinski definition) is 2. The van der Waals surface area contributed by atoms with E-state index in [2.05, 4.69) is 17.4 Å². The Hall–Kier alpha value is -1.88. The van der Waals surface area contributed by atoms with Crippen LogP contribution in [0.2, 0.25) is 0 Å². The summed E-state index contributed by atoms with van der Waals surface area (Å²) in [6.45, 7) is 0.755. The minimum atomic E-state index is -1.15. The Kier molecular flexibility index (Phi) is 4.16. The Labute approximate surface area is 129 Å². The molecule has 1 aromatic rings. The van der Waals surface area contributed by atoms with E-state index < -0.39 is 11.5 Å². The topological polar surface area (TPSA) is 75.6 Å². The third kappa shape index (κ3) is 3.14. The molecule has 1 aliphatic carbocycles. The molecule has 0 bridgehead atoms. The normalized spacial score (nSPS) is 26.2. The van der Waals surface area contributed by atoms with Crippen molar-refractivity contribution in [3.8, 4) is 0 Å². The number of hydrogen-bond acceptors (Lipinski definition) is 3. The first-order valence-corrected chi connectivity index (χ1v) is 7.78. The minimum Gasteiger partial charge on any atom is -0.480 e. The number of aliphatic carboxylic acids is 1. The quantitative estimate of drug-likeness (QED) is 0.871. The first-order valence-electron chi connectivity index (χ1n) is 7.78. The first-order chi connectivity index (χ1) is 10.6. The van der Waals surface area contributed by atoms with Crippen molar-refractivity contribution in [2.24, 2.45) is 5.92 Å². The molecule has 3 rings (SSSR count). The molecule has 0 spiro atoms. The van der Waals surface area contributed by atoms with E-state index in [1.807, 2.05) is 18.2 Å². The zero-order valence-corrected chi connectivity index (χ0v) is 12.5. The van der Waals surface area contributed by atoms with E-state index in [4.69, 9.17) is 4.74 Å². The summed E-state index contributed by atoms with van der Waals surface area (Å²) in [6, 6.07) is 10.2. The molecule has 1 aliphatic heterocycles. The van der Waals surface area contributed by atoms with Gasteiger partial charge in [-0.2, -0.15) is 0 Å². The summed E-state index contributed by atoms with van der Waals surface area (Å²) in [5.41, 5.74) is 0.117. The highest BCUT2D eigenvalue weighted by molar-refractivity contribution is 5.87. The van der Waals surface area contributed by atoms with Crippen LogP contribution in [0.15, 0.2) is 30.3 Å². The van der Waals surface area contributed by atoms with Crippen molar-refractivity contribution in [1.82, 2.24) is 5.32 Å². The third-order valence-corrected chi connectivity index (χ3v) is 4.73. The number of nitrogens with one attached hydrogen (secondary N) is 1. The number of carbonyl (C=O) groups is 2. The van der Waals surface area contributed by atoms with Crippen LogP contribution in [0.25, 0.3) is 0 Å². The van der Waals surface area contributed by atoms with Crippen LogP contribution in [0.3, 0.4) is 0 Å². The number of benzene rings is 1. The van der Waals surface area contributed by atoms with Crippen LogP contribution >= 0.6 is 0 Å². The summed E-state index contributed by atoms with van der Waals surface area (Å²) in [6.07, 6.45) is 2.07. The molecule has 5 heteroatoms. The maximum absolute atomic E-state index is 12.2. The molecule has 2 atom stereocenters. The van der Waals surface area contributed by atoms with Crippen molar-refractivity contribution < 1.29 is 19.4 Å². The molecule has 0 radical (unpaired) electrons. The van der Waals surface area contributed by atoms with E-state index in [0.29, 0.717) is 44.3 Å². The monoisotopic (exact) mass is 303 g/mol. The summed E-state index contributed by atoms with van der Waals surface area (Å²) in [4.78, 5) is 23.8. The average Bonchev–Trinajstić information content (AvgIpc) is 3.28. The lowest BCUT2D eigenvalue weighted by molar-refractivity contribution is -0.152. The Morgan fingerprint density at radius 3 is 2.55 bits per heavy atom. The van der Waals surface area contributed by atoms with Crippen molar-refractivity contribution >= 4 is 11.9 Å². The highest BCUT2D eigenvalue weighted by Gasteiger charge is 2.44. The van der Waals surface area contributed by atoms with Crippen LogP contribution in [0.1, 0.15) is 37.2 Å². The van der Waals surface area contributed by atoms with Gasteiger partial charge in [-0.15, -0.1) is 0 Å². The summed E-state index contributed by atoms with van der Waals surface area (Å²) < 4.78 is 5.21. The first kappa shape index (κ1) is 15.0. The zero-order chi connectivity index (χ0) is 15.6. The van der Waals surface area contributed by atoms with Crippen LogP contribution in [0, 0.1) is 5.92 Å². The van der Waals surface area contributed by atoms with E-state index >= 15 is 0 Å². The maximum atomic E-state index is 12.2. The fraction of sp³-hybridized carbons (Fsp3) is 0.529. The van der Waals surface area contributed by atoms with Gasteiger partial charge < -0.3 is 15.2 Å². The number of rotatable bonds is 5. The van der Waals surface area contributed by atoms with Crippen molar-refractivity contribution in [3.63, 3.8) is 0 Å². The standard InChI is InChI=1S/C17H21NO4/c19-15(18-17(16(20)21)6-8-22-9-7-17)11-13-10-14(13)12-4-2-1-3-5-12/h1-5,13-14H,6-11H2,(H,18,19)(H,20,21)/t13-,14-/m0/s1. The van der Waals surface area contributed by atoms with Crippen molar-refractivity contribution in [2.45, 2.75) is 37.1 Å². The SMILES string of the molecule is O=C(C[C@@H]1C[C@H]1c1ccccc1)NC1(C(=O)O)CCOCC1. The van der Waals surface area contributed by atoms with Crippen LogP contribution in [0.5, 0.6) is 0 Å². The van der Waals surface area contributed by atoms with Gasteiger partial charge in [0.1, 0.15) is 5.54 Å². The van der Waals surface area contributed by atoms with Gasteiger partial charge in [0.05, 0.1) is 0 Å². The molecule has 2 fully saturated rings. The lowest BCUT2D eigenvalue weighted by atomic mass is 9.90. The molecule has 0 aromatic heterocycles. The van der Waals surface area contributed by atoms with E-state index in [1.165, 1.54) is 5.56 Å². The van der Waals surface area contributed by atoms with Crippen molar-refractivity contribution in [3.05, 3.63) is 35.9 Å². The highest BCUT2D eigenvalue weighted by Crippen LogP contribution is 2.49. The summed E-state index contributed by atoms with van der Waals surface area (Å²) in [5, 5.41) is 12.2. The number of carboxylic acid groups (broad SMARTS) is 1. The summed E-state index contributed by atoms with van der Waals surface area (Å²) in [7, 11) is 0. The molecule has 1 saturated carbocycles. The molecular weight excluding hydrogens is 282 g/mol. The largest absolute Gasteiger partial charge is 0.480 e. The smallest absolute Gasteiger partial charge is 0.329 e. The van der Waals surface area contributed by atoms with E-state index in [9.17, 15) is 14.7 Å². The van der Waals surface area contributed by atoms with Gasteiger partial charge in [-0.1, -0.05) is 30.3 Å².